The number of nitrogens with one attached hydrogen (secondary N) is 1. The fourth-order valence-corrected chi connectivity index (χ4v) is 2.83. The van der Waals surface area contributed by atoms with Crippen LogP contribution in [0.4, 0.5) is 0 Å². The Hall–Kier alpha value is -1.85. The summed E-state index contributed by atoms with van der Waals surface area (Å²) in [5.74, 6) is -0.0318. The molecule has 0 spiro atoms. The van der Waals surface area contributed by atoms with Crippen LogP contribution in [-0.4, -0.2) is 40.1 Å². The predicted molar refractivity (Wildman–Crippen MR) is 82.1 cm³/mol. The van der Waals surface area contributed by atoms with E-state index in [9.17, 15) is 4.79 Å². The zero-order valence-electron chi connectivity index (χ0n) is 11.6. The lowest BCUT2D eigenvalue weighted by molar-refractivity contribution is 0.0735. The fourth-order valence-electron chi connectivity index (χ4n) is 2.70. The first-order chi connectivity index (χ1) is 10.2. The molecule has 1 aliphatic rings. The predicted octanol–water partition coefficient (Wildman–Crippen LogP) is 2.29. The summed E-state index contributed by atoms with van der Waals surface area (Å²) < 4.78 is 0. The molecule has 2 aromatic rings. The molecule has 0 aliphatic carbocycles. The summed E-state index contributed by atoms with van der Waals surface area (Å²) in [4.78, 5) is 14.3. The molecule has 0 bridgehead atoms. The molecule has 5 nitrogen and oxygen atoms in total. The number of nitrogens with zero attached hydrogens (tertiary/aromatic N) is 2. The Labute approximate surface area is 128 Å². The number of aromatic nitrogens is 2. The van der Waals surface area contributed by atoms with Crippen molar-refractivity contribution >= 4 is 17.5 Å². The summed E-state index contributed by atoms with van der Waals surface area (Å²) in [6, 6.07) is 9.28. The van der Waals surface area contributed by atoms with Crippen molar-refractivity contribution in [1.29, 1.82) is 0 Å². The van der Waals surface area contributed by atoms with Crippen molar-refractivity contribution in [3.05, 3.63) is 41.0 Å². The average Bonchev–Trinajstić information content (AvgIpc) is 3.16. The highest BCUT2D eigenvalue weighted by molar-refractivity contribution is 6.30. The van der Waals surface area contributed by atoms with E-state index in [1.54, 1.807) is 18.2 Å². The number of amides is 1. The van der Waals surface area contributed by atoms with Crippen molar-refractivity contribution in [1.82, 2.24) is 15.1 Å². The summed E-state index contributed by atoms with van der Waals surface area (Å²) in [6.45, 7) is 1.26. The molecule has 1 aromatic heterocycles. The molecule has 1 amide bonds. The number of hydrogen-bond acceptors (Lipinski definition) is 3. The Morgan fingerprint density at radius 3 is 2.90 bits per heavy atom. The quantitative estimate of drug-likeness (QED) is 0.913. The van der Waals surface area contributed by atoms with E-state index in [0.717, 1.165) is 30.6 Å². The Bertz CT molecular complexity index is 637. The molecule has 0 saturated carbocycles. The van der Waals surface area contributed by atoms with Crippen molar-refractivity contribution in [3.8, 4) is 11.3 Å². The standard InChI is InChI=1S/C15H17ClN4O/c16-11-5-3-10(4-6-11)13-8-14(19-18-13)15(21)20-7-1-2-12(20)9-17/h3-6,8,12H,1-2,7,9,17H2,(H,18,19)/t12-/m0/s1. The van der Waals surface area contributed by atoms with E-state index in [2.05, 4.69) is 10.2 Å². The van der Waals surface area contributed by atoms with Gasteiger partial charge in [-0.3, -0.25) is 9.89 Å². The van der Waals surface area contributed by atoms with Crippen molar-refractivity contribution in [2.45, 2.75) is 18.9 Å². The highest BCUT2D eigenvalue weighted by atomic mass is 35.5. The molecule has 1 aromatic carbocycles. The van der Waals surface area contributed by atoms with E-state index in [1.165, 1.54) is 0 Å². The van der Waals surface area contributed by atoms with Crippen molar-refractivity contribution in [2.24, 2.45) is 5.73 Å². The number of halogens is 1. The maximum Gasteiger partial charge on any atom is 0.272 e. The van der Waals surface area contributed by atoms with Crippen LogP contribution in [0.1, 0.15) is 23.3 Å². The van der Waals surface area contributed by atoms with Gasteiger partial charge in [-0.25, -0.2) is 0 Å². The zero-order chi connectivity index (χ0) is 14.8. The van der Waals surface area contributed by atoms with Crippen LogP contribution >= 0.6 is 11.6 Å². The number of rotatable bonds is 3. The number of likely N-dealkylation sites (tertiary alicyclic amines) is 1. The van der Waals surface area contributed by atoms with Crippen LogP contribution in [0.5, 0.6) is 0 Å². The summed E-state index contributed by atoms with van der Waals surface area (Å²) in [6.07, 6.45) is 1.98. The number of H-pyrrole nitrogens is 1. The molecule has 0 radical (unpaired) electrons. The molecule has 1 fully saturated rings. The molecule has 3 N–H and O–H groups in total. The van der Waals surface area contributed by atoms with Crippen molar-refractivity contribution < 1.29 is 4.79 Å². The maximum atomic E-state index is 12.5. The van der Waals surface area contributed by atoms with E-state index in [1.807, 2.05) is 17.0 Å². The highest BCUT2D eigenvalue weighted by Crippen LogP contribution is 2.23. The molecule has 2 heterocycles. The lowest BCUT2D eigenvalue weighted by atomic mass is 10.1. The van der Waals surface area contributed by atoms with Crippen LogP contribution in [0.15, 0.2) is 30.3 Å². The van der Waals surface area contributed by atoms with Gasteiger partial charge in [-0.15, -0.1) is 0 Å². The lowest BCUT2D eigenvalue weighted by Crippen LogP contribution is -2.40. The van der Waals surface area contributed by atoms with Crippen LogP contribution in [0, 0.1) is 0 Å². The van der Waals surface area contributed by atoms with Gasteiger partial charge in [0, 0.05) is 29.7 Å². The smallest absolute Gasteiger partial charge is 0.272 e. The summed E-state index contributed by atoms with van der Waals surface area (Å²) in [5, 5.41) is 7.71. The number of hydrogen-bond donors (Lipinski definition) is 2. The van der Waals surface area contributed by atoms with Gasteiger partial charge in [-0.2, -0.15) is 5.10 Å². The molecule has 6 heteroatoms. The topological polar surface area (TPSA) is 75.0 Å². The van der Waals surface area contributed by atoms with Gasteiger partial charge in [-0.05, 0) is 31.0 Å². The van der Waals surface area contributed by atoms with Gasteiger partial charge in [0.05, 0.1) is 5.69 Å². The largest absolute Gasteiger partial charge is 0.333 e. The molecular weight excluding hydrogens is 288 g/mol. The molecule has 110 valence electrons. The minimum Gasteiger partial charge on any atom is -0.333 e. The summed E-state index contributed by atoms with van der Waals surface area (Å²) >= 11 is 5.87. The monoisotopic (exact) mass is 304 g/mol. The van der Waals surface area contributed by atoms with Gasteiger partial charge in [-0.1, -0.05) is 23.7 Å². The molecule has 0 unspecified atom stereocenters. The van der Waals surface area contributed by atoms with E-state index >= 15 is 0 Å². The number of benzene rings is 1. The van der Waals surface area contributed by atoms with Gasteiger partial charge in [0.15, 0.2) is 0 Å². The molecule has 1 aliphatic heterocycles. The molecule has 3 rings (SSSR count). The van der Waals surface area contributed by atoms with Crippen LogP contribution in [0.3, 0.4) is 0 Å². The summed E-state index contributed by atoms with van der Waals surface area (Å²) in [5.41, 5.74) is 7.88. The van der Waals surface area contributed by atoms with Crippen LogP contribution in [-0.2, 0) is 0 Å². The molecular formula is C15H17ClN4O. The molecule has 21 heavy (non-hydrogen) atoms. The Morgan fingerprint density at radius 2 is 2.19 bits per heavy atom. The molecule has 1 atom stereocenters. The SMILES string of the molecule is NC[C@@H]1CCCN1C(=O)c1cc(-c2ccc(Cl)cc2)n[nH]1. The van der Waals surface area contributed by atoms with Gasteiger partial charge in [0.2, 0.25) is 0 Å². The maximum absolute atomic E-state index is 12.5. The minimum absolute atomic E-state index is 0.0318. The third-order valence-corrected chi connectivity index (χ3v) is 4.11. The number of carbonyl (C=O) groups is 1. The zero-order valence-corrected chi connectivity index (χ0v) is 12.3. The highest BCUT2D eigenvalue weighted by Gasteiger charge is 2.29. The first-order valence-corrected chi connectivity index (χ1v) is 7.39. The minimum atomic E-state index is -0.0318. The first-order valence-electron chi connectivity index (χ1n) is 7.01. The van der Waals surface area contributed by atoms with E-state index in [-0.39, 0.29) is 11.9 Å². The second-order valence-corrected chi connectivity index (χ2v) is 5.64. The van der Waals surface area contributed by atoms with Gasteiger partial charge >= 0.3 is 0 Å². The molecule has 1 saturated heterocycles. The fraction of sp³-hybridized carbons (Fsp3) is 0.333. The second-order valence-electron chi connectivity index (χ2n) is 5.20. The Morgan fingerprint density at radius 1 is 1.43 bits per heavy atom. The van der Waals surface area contributed by atoms with E-state index in [0.29, 0.717) is 17.3 Å². The van der Waals surface area contributed by atoms with E-state index < -0.39 is 0 Å². The second kappa shape index (κ2) is 5.87. The number of nitrogens with two attached hydrogens (primary N) is 1. The van der Waals surface area contributed by atoms with Crippen molar-refractivity contribution in [3.63, 3.8) is 0 Å². The first kappa shape index (κ1) is 14.1. The van der Waals surface area contributed by atoms with Crippen LogP contribution in [0.25, 0.3) is 11.3 Å². The van der Waals surface area contributed by atoms with E-state index in [4.69, 9.17) is 17.3 Å². The van der Waals surface area contributed by atoms with Gasteiger partial charge in [0.1, 0.15) is 5.69 Å². The number of aromatic amines is 1. The Balaban J connectivity index is 1.81. The average molecular weight is 305 g/mol. The van der Waals surface area contributed by atoms with Gasteiger partial charge < -0.3 is 10.6 Å². The lowest BCUT2D eigenvalue weighted by Gasteiger charge is -2.22. The Kier molecular flexibility index (Phi) is 3.94. The number of carbonyl (C=O) groups excluding carboxylic acids is 1. The van der Waals surface area contributed by atoms with Crippen LogP contribution < -0.4 is 5.73 Å². The third kappa shape index (κ3) is 2.80. The van der Waals surface area contributed by atoms with Crippen LogP contribution in [0.2, 0.25) is 5.02 Å². The van der Waals surface area contributed by atoms with Gasteiger partial charge in [0.25, 0.3) is 5.91 Å². The summed E-state index contributed by atoms with van der Waals surface area (Å²) in [7, 11) is 0. The third-order valence-electron chi connectivity index (χ3n) is 3.86. The van der Waals surface area contributed by atoms with Crippen molar-refractivity contribution in [2.75, 3.05) is 13.1 Å². The normalized spacial score (nSPS) is 18.2.